The molecule has 0 saturated heterocycles. The van der Waals surface area contributed by atoms with Crippen LogP contribution in [0.1, 0.15) is 25.3 Å². The quantitative estimate of drug-likeness (QED) is 0.792. The zero-order chi connectivity index (χ0) is 11.3. The second-order valence-electron chi connectivity index (χ2n) is 3.84. The molecular formula is C12H17F2N. The lowest BCUT2D eigenvalue weighted by Gasteiger charge is -2.17. The molecule has 0 aromatic heterocycles. The third-order valence-electron chi connectivity index (χ3n) is 2.49. The smallest absolute Gasteiger partial charge is 0.253 e. The zero-order valence-electron chi connectivity index (χ0n) is 9.08. The van der Waals surface area contributed by atoms with Crippen molar-refractivity contribution in [2.75, 3.05) is 6.54 Å². The van der Waals surface area contributed by atoms with Gasteiger partial charge < -0.3 is 5.32 Å². The Morgan fingerprint density at radius 1 is 1.13 bits per heavy atom. The zero-order valence-corrected chi connectivity index (χ0v) is 9.08. The lowest BCUT2D eigenvalue weighted by molar-refractivity contribution is 0.106. The summed E-state index contributed by atoms with van der Waals surface area (Å²) in [6.07, 6.45) is -2.30. The van der Waals surface area contributed by atoms with Crippen molar-refractivity contribution in [1.29, 1.82) is 0 Å². The van der Waals surface area contributed by atoms with Gasteiger partial charge in [-0.15, -0.1) is 0 Å². The molecule has 1 rings (SSSR count). The van der Waals surface area contributed by atoms with Crippen LogP contribution in [-0.2, 0) is 0 Å². The summed E-state index contributed by atoms with van der Waals surface area (Å²) < 4.78 is 24.4. The monoisotopic (exact) mass is 213 g/mol. The minimum Gasteiger partial charge on any atom is -0.309 e. The van der Waals surface area contributed by atoms with E-state index in [9.17, 15) is 8.78 Å². The minimum absolute atomic E-state index is 0.257. The van der Waals surface area contributed by atoms with Gasteiger partial charge in [0.1, 0.15) is 0 Å². The molecule has 0 heterocycles. The Bertz CT molecular complexity index is 274. The molecule has 0 radical (unpaired) electrons. The maximum atomic E-state index is 12.2. The van der Waals surface area contributed by atoms with Crippen molar-refractivity contribution in [3.63, 3.8) is 0 Å². The van der Waals surface area contributed by atoms with Crippen molar-refractivity contribution in [3.8, 4) is 0 Å². The van der Waals surface area contributed by atoms with Crippen molar-refractivity contribution in [2.45, 2.75) is 32.2 Å². The molecule has 0 fully saturated rings. The fourth-order valence-corrected chi connectivity index (χ4v) is 1.35. The molecule has 0 aliphatic heterocycles. The highest BCUT2D eigenvalue weighted by Crippen LogP contribution is 2.13. The van der Waals surface area contributed by atoms with Crippen LogP contribution in [0.2, 0.25) is 0 Å². The van der Waals surface area contributed by atoms with Crippen LogP contribution in [0.3, 0.4) is 0 Å². The summed E-state index contributed by atoms with van der Waals surface area (Å²) in [6.45, 7) is 4.11. The Morgan fingerprint density at radius 3 is 2.27 bits per heavy atom. The van der Waals surface area contributed by atoms with E-state index in [0.717, 1.165) is 0 Å². The first-order valence-corrected chi connectivity index (χ1v) is 5.17. The normalized spacial score (nSPS) is 15.3. The van der Waals surface area contributed by atoms with E-state index in [1.54, 1.807) is 0 Å². The van der Waals surface area contributed by atoms with Gasteiger partial charge in [-0.1, -0.05) is 37.3 Å². The van der Waals surface area contributed by atoms with Crippen molar-refractivity contribution < 1.29 is 8.78 Å². The maximum Gasteiger partial charge on any atom is 0.253 e. The van der Waals surface area contributed by atoms with Crippen LogP contribution in [0.4, 0.5) is 8.78 Å². The molecule has 2 atom stereocenters. The van der Waals surface area contributed by atoms with E-state index in [4.69, 9.17) is 0 Å². The standard InChI is InChI=1S/C12H17F2N/c1-9(8-15-10(2)12(13)14)11-6-4-3-5-7-11/h3-7,9-10,12,15H,8H2,1-2H3. The molecule has 1 nitrogen and oxygen atoms in total. The summed E-state index contributed by atoms with van der Waals surface area (Å²) in [6, 6.07) is 9.16. The molecule has 0 saturated carbocycles. The Morgan fingerprint density at radius 2 is 1.73 bits per heavy atom. The summed E-state index contributed by atoms with van der Waals surface area (Å²) in [4.78, 5) is 0. The lowest BCUT2D eigenvalue weighted by Crippen LogP contribution is -2.35. The van der Waals surface area contributed by atoms with Crippen molar-refractivity contribution in [1.82, 2.24) is 5.32 Å². The number of nitrogens with one attached hydrogen (secondary N) is 1. The minimum atomic E-state index is -2.30. The van der Waals surface area contributed by atoms with E-state index in [-0.39, 0.29) is 5.92 Å². The predicted molar refractivity (Wildman–Crippen MR) is 58.3 cm³/mol. The van der Waals surface area contributed by atoms with E-state index >= 15 is 0 Å². The van der Waals surface area contributed by atoms with Gasteiger partial charge in [-0.3, -0.25) is 0 Å². The van der Waals surface area contributed by atoms with Crippen LogP contribution in [0, 0.1) is 0 Å². The Balaban J connectivity index is 2.40. The van der Waals surface area contributed by atoms with Crippen LogP contribution >= 0.6 is 0 Å². The number of hydrogen-bond donors (Lipinski definition) is 1. The van der Waals surface area contributed by atoms with Crippen molar-refractivity contribution in [3.05, 3.63) is 35.9 Å². The molecule has 0 spiro atoms. The first-order chi connectivity index (χ1) is 7.11. The third kappa shape index (κ3) is 3.96. The van der Waals surface area contributed by atoms with Crippen LogP contribution in [0.5, 0.6) is 0 Å². The van der Waals surface area contributed by atoms with Gasteiger partial charge in [-0.2, -0.15) is 0 Å². The highest BCUT2D eigenvalue weighted by Gasteiger charge is 2.14. The molecule has 0 bridgehead atoms. The maximum absolute atomic E-state index is 12.2. The second-order valence-corrected chi connectivity index (χ2v) is 3.84. The van der Waals surface area contributed by atoms with Crippen molar-refractivity contribution >= 4 is 0 Å². The number of hydrogen-bond acceptors (Lipinski definition) is 1. The molecule has 15 heavy (non-hydrogen) atoms. The molecule has 0 amide bonds. The summed E-state index contributed by atoms with van der Waals surface area (Å²) >= 11 is 0. The third-order valence-corrected chi connectivity index (χ3v) is 2.49. The van der Waals surface area contributed by atoms with E-state index in [2.05, 4.69) is 5.32 Å². The van der Waals surface area contributed by atoms with E-state index in [1.165, 1.54) is 12.5 Å². The molecular weight excluding hydrogens is 196 g/mol. The second kappa shape index (κ2) is 5.81. The van der Waals surface area contributed by atoms with E-state index in [0.29, 0.717) is 6.54 Å². The first-order valence-electron chi connectivity index (χ1n) is 5.17. The fraction of sp³-hybridized carbons (Fsp3) is 0.500. The molecule has 1 aromatic rings. The van der Waals surface area contributed by atoms with Crippen LogP contribution in [0.15, 0.2) is 30.3 Å². The van der Waals surface area contributed by atoms with Crippen LogP contribution in [0.25, 0.3) is 0 Å². The average molecular weight is 213 g/mol. The van der Waals surface area contributed by atoms with Crippen LogP contribution in [-0.4, -0.2) is 19.0 Å². The van der Waals surface area contributed by atoms with Crippen molar-refractivity contribution in [2.24, 2.45) is 0 Å². The van der Waals surface area contributed by atoms with E-state index < -0.39 is 12.5 Å². The topological polar surface area (TPSA) is 12.0 Å². The Kier molecular flexibility index (Phi) is 4.69. The SMILES string of the molecule is CC(CNC(C)C(F)F)c1ccccc1. The first kappa shape index (κ1) is 12.1. The summed E-state index contributed by atoms with van der Waals surface area (Å²) in [7, 11) is 0. The molecule has 1 aromatic carbocycles. The van der Waals surface area contributed by atoms with Gasteiger partial charge in [0.2, 0.25) is 0 Å². The summed E-state index contributed by atoms with van der Waals surface area (Å²) in [5, 5.41) is 2.83. The molecule has 84 valence electrons. The highest BCUT2D eigenvalue weighted by molar-refractivity contribution is 5.18. The number of rotatable bonds is 5. The largest absolute Gasteiger partial charge is 0.309 e. The van der Waals surface area contributed by atoms with Gasteiger partial charge in [0.15, 0.2) is 0 Å². The fourth-order valence-electron chi connectivity index (χ4n) is 1.35. The van der Waals surface area contributed by atoms with Gasteiger partial charge in [-0.05, 0) is 18.4 Å². The van der Waals surface area contributed by atoms with Gasteiger partial charge in [0, 0.05) is 6.54 Å². The summed E-state index contributed by atoms with van der Waals surface area (Å²) in [5.74, 6) is 0.257. The average Bonchev–Trinajstić information content (AvgIpc) is 2.26. The Labute approximate surface area is 89.5 Å². The lowest BCUT2D eigenvalue weighted by atomic mass is 10.0. The van der Waals surface area contributed by atoms with Gasteiger partial charge in [0.05, 0.1) is 6.04 Å². The number of halogens is 2. The van der Waals surface area contributed by atoms with Crippen LogP contribution < -0.4 is 5.32 Å². The van der Waals surface area contributed by atoms with Gasteiger partial charge in [-0.25, -0.2) is 8.78 Å². The molecule has 0 aliphatic carbocycles. The summed E-state index contributed by atoms with van der Waals surface area (Å²) in [5.41, 5.74) is 1.17. The number of benzene rings is 1. The van der Waals surface area contributed by atoms with E-state index in [1.807, 2.05) is 37.3 Å². The highest BCUT2D eigenvalue weighted by atomic mass is 19.3. The van der Waals surface area contributed by atoms with Gasteiger partial charge >= 0.3 is 0 Å². The predicted octanol–water partition coefficient (Wildman–Crippen LogP) is 3.03. The molecule has 1 N–H and O–H groups in total. The molecule has 3 heteroatoms. The number of alkyl halides is 2. The Hall–Kier alpha value is -0.960. The van der Waals surface area contributed by atoms with Gasteiger partial charge in [0.25, 0.3) is 6.43 Å². The molecule has 2 unspecified atom stereocenters. The molecule has 0 aliphatic rings.